The molecule has 1 heterocycles. The Kier molecular flexibility index (Phi) is 9.16. The van der Waals surface area contributed by atoms with Crippen molar-refractivity contribution < 1.29 is 0 Å². The van der Waals surface area contributed by atoms with Crippen LogP contribution in [-0.2, 0) is 0 Å². The van der Waals surface area contributed by atoms with Crippen molar-refractivity contribution >= 4 is 36.4 Å². The molecular weight excluding hydrogens is 305 g/mol. The quantitative estimate of drug-likeness (QED) is 0.929. The van der Waals surface area contributed by atoms with Gasteiger partial charge in [0.1, 0.15) is 0 Å². The zero-order valence-electron chi connectivity index (χ0n) is 10.5. The number of hydrogen-bond donors (Lipinski definition) is 1. The Labute approximate surface area is 131 Å². The zero-order valence-corrected chi connectivity index (χ0v) is 12.9. The van der Waals surface area contributed by atoms with Gasteiger partial charge in [-0.25, -0.2) is 0 Å². The smallest absolute Gasteiger partial charge is 0.0641 e. The van der Waals surface area contributed by atoms with Crippen molar-refractivity contribution in [2.24, 2.45) is 0 Å². The van der Waals surface area contributed by atoms with Crippen molar-refractivity contribution in [1.29, 1.82) is 5.26 Å². The minimum Gasteiger partial charge on any atom is -0.314 e. The molecule has 1 aromatic rings. The summed E-state index contributed by atoms with van der Waals surface area (Å²) in [6.45, 7) is 3.90. The second kappa shape index (κ2) is 9.41. The van der Waals surface area contributed by atoms with E-state index < -0.39 is 0 Å². The summed E-state index contributed by atoms with van der Waals surface area (Å²) >= 11 is 6.22. The van der Waals surface area contributed by atoms with Crippen LogP contribution in [0.3, 0.4) is 0 Å². The second-order valence-corrected chi connectivity index (χ2v) is 4.59. The van der Waals surface area contributed by atoms with Gasteiger partial charge in [0.25, 0.3) is 0 Å². The number of nitrogens with one attached hydrogen (secondary N) is 1. The monoisotopic (exact) mass is 321 g/mol. The number of rotatable bonds is 3. The lowest BCUT2D eigenvalue weighted by molar-refractivity contribution is 0.175. The molecule has 19 heavy (non-hydrogen) atoms. The van der Waals surface area contributed by atoms with Gasteiger partial charge in [0, 0.05) is 37.2 Å². The van der Waals surface area contributed by atoms with Gasteiger partial charge >= 0.3 is 0 Å². The van der Waals surface area contributed by atoms with Crippen LogP contribution < -0.4 is 5.32 Å². The Bertz CT molecular complexity index is 414. The normalized spacial score (nSPS) is 16.6. The molecule has 0 spiro atoms. The van der Waals surface area contributed by atoms with Crippen LogP contribution >= 0.6 is 36.4 Å². The van der Waals surface area contributed by atoms with E-state index in [4.69, 9.17) is 16.9 Å². The molecule has 106 valence electrons. The van der Waals surface area contributed by atoms with E-state index in [1.54, 1.807) is 0 Å². The summed E-state index contributed by atoms with van der Waals surface area (Å²) in [4.78, 5) is 2.33. The molecule has 1 N–H and O–H groups in total. The summed E-state index contributed by atoms with van der Waals surface area (Å²) in [5.74, 6) is 0. The maximum Gasteiger partial charge on any atom is 0.0641 e. The van der Waals surface area contributed by atoms with Gasteiger partial charge in [-0.1, -0.05) is 29.8 Å². The maximum absolute atomic E-state index is 8.98. The van der Waals surface area contributed by atoms with Crippen molar-refractivity contribution in [3.63, 3.8) is 0 Å². The molecule has 3 nitrogen and oxygen atoms in total. The molecule has 1 fully saturated rings. The fraction of sp³-hybridized carbons (Fsp3) is 0.462. The molecule has 1 aromatic carbocycles. The Morgan fingerprint density at radius 3 is 2.47 bits per heavy atom. The third kappa shape index (κ3) is 4.83. The predicted octanol–water partition coefficient (Wildman–Crippen LogP) is 3.04. The van der Waals surface area contributed by atoms with Crippen LogP contribution in [-0.4, -0.2) is 31.1 Å². The predicted molar refractivity (Wildman–Crippen MR) is 83.4 cm³/mol. The molecule has 0 bridgehead atoms. The number of nitriles is 1. The summed E-state index contributed by atoms with van der Waals surface area (Å²) in [7, 11) is 0. The Morgan fingerprint density at radius 2 is 1.89 bits per heavy atom. The van der Waals surface area contributed by atoms with Crippen LogP contribution in [0.25, 0.3) is 0 Å². The Hall–Kier alpha value is -0.500. The van der Waals surface area contributed by atoms with Crippen LogP contribution in [0.2, 0.25) is 5.02 Å². The molecule has 1 saturated heterocycles. The van der Waals surface area contributed by atoms with E-state index in [9.17, 15) is 0 Å². The molecule has 2 rings (SSSR count). The molecule has 0 unspecified atom stereocenters. The Balaban J connectivity index is 0.00000162. The number of hydrogen-bond acceptors (Lipinski definition) is 3. The molecule has 0 radical (unpaired) electrons. The third-order valence-electron chi connectivity index (χ3n) is 3.14. The number of benzene rings is 1. The van der Waals surface area contributed by atoms with Gasteiger partial charge in [0.15, 0.2) is 0 Å². The van der Waals surface area contributed by atoms with E-state index >= 15 is 0 Å². The lowest BCUT2D eigenvalue weighted by atomic mass is 10.0. The molecule has 0 amide bonds. The highest BCUT2D eigenvalue weighted by Gasteiger charge is 2.23. The first-order chi connectivity index (χ1) is 8.33. The van der Waals surface area contributed by atoms with Gasteiger partial charge in [-0.2, -0.15) is 5.26 Å². The first-order valence-electron chi connectivity index (χ1n) is 5.89. The fourth-order valence-electron chi connectivity index (χ4n) is 2.26. The highest BCUT2D eigenvalue weighted by atomic mass is 35.5. The van der Waals surface area contributed by atoms with E-state index in [2.05, 4.69) is 16.3 Å². The molecule has 1 aliphatic heterocycles. The van der Waals surface area contributed by atoms with Crippen molar-refractivity contribution in [3.8, 4) is 6.07 Å². The maximum atomic E-state index is 8.98. The molecule has 0 aliphatic carbocycles. The third-order valence-corrected chi connectivity index (χ3v) is 3.49. The average molecular weight is 323 g/mol. The SMILES string of the molecule is Cl.Cl.N#CC[C@@H](c1ccccc1Cl)N1CCNCC1. The molecule has 0 saturated carbocycles. The lowest BCUT2D eigenvalue weighted by Gasteiger charge is -2.34. The van der Waals surface area contributed by atoms with Gasteiger partial charge in [-0.15, -0.1) is 24.8 Å². The lowest BCUT2D eigenvalue weighted by Crippen LogP contribution is -2.45. The van der Waals surface area contributed by atoms with E-state index in [0.717, 1.165) is 36.8 Å². The van der Waals surface area contributed by atoms with E-state index in [0.29, 0.717) is 6.42 Å². The van der Waals surface area contributed by atoms with Crippen molar-refractivity contribution in [1.82, 2.24) is 10.2 Å². The standard InChI is InChI=1S/C13H16ClN3.2ClH/c14-12-4-2-1-3-11(12)13(5-6-15)17-9-7-16-8-10-17;;/h1-4,13,16H,5,7-10H2;2*1H/t13-;;/m0../s1. The van der Waals surface area contributed by atoms with Crippen LogP contribution in [0, 0.1) is 11.3 Å². The van der Waals surface area contributed by atoms with Crippen LogP contribution in [0.1, 0.15) is 18.0 Å². The summed E-state index contributed by atoms with van der Waals surface area (Å²) in [5.41, 5.74) is 1.07. The van der Waals surface area contributed by atoms with Gasteiger partial charge in [0.2, 0.25) is 0 Å². The van der Waals surface area contributed by atoms with E-state index in [1.807, 2.05) is 24.3 Å². The highest BCUT2D eigenvalue weighted by Crippen LogP contribution is 2.29. The molecular formula is C13H18Cl3N3. The first-order valence-corrected chi connectivity index (χ1v) is 6.27. The van der Waals surface area contributed by atoms with Gasteiger partial charge in [-0.05, 0) is 11.6 Å². The summed E-state index contributed by atoms with van der Waals surface area (Å²) < 4.78 is 0. The van der Waals surface area contributed by atoms with Crippen molar-refractivity contribution in [2.45, 2.75) is 12.5 Å². The van der Waals surface area contributed by atoms with Crippen LogP contribution in [0.5, 0.6) is 0 Å². The first kappa shape index (κ1) is 18.5. The fourth-order valence-corrected chi connectivity index (χ4v) is 2.52. The minimum atomic E-state index is 0. The topological polar surface area (TPSA) is 39.1 Å². The van der Waals surface area contributed by atoms with Gasteiger partial charge in [0.05, 0.1) is 12.5 Å². The minimum absolute atomic E-state index is 0. The van der Waals surface area contributed by atoms with Crippen molar-refractivity contribution in [2.75, 3.05) is 26.2 Å². The number of halogens is 3. The molecule has 6 heteroatoms. The number of piperazine rings is 1. The van der Waals surface area contributed by atoms with Gasteiger partial charge < -0.3 is 5.32 Å². The average Bonchev–Trinajstić information content (AvgIpc) is 2.38. The van der Waals surface area contributed by atoms with Crippen molar-refractivity contribution in [3.05, 3.63) is 34.9 Å². The zero-order chi connectivity index (χ0) is 12.1. The van der Waals surface area contributed by atoms with Crippen LogP contribution in [0.4, 0.5) is 0 Å². The van der Waals surface area contributed by atoms with E-state index in [-0.39, 0.29) is 30.9 Å². The highest BCUT2D eigenvalue weighted by molar-refractivity contribution is 6.31. The number of nitrogens with zero attached hydrogens (tertiary/aromatic N) is 2. The molecule has 1 aliphatic rings. The second-order valence-electron chi connectivity index (χ2n) is 4.19. The molecule has 1 atom stereocenters. The summed E-state index contributed by atoms with van der Waals surface area (Å²) in [6.07, 6.45) is 0.490. The molecule has 0 aromatic heterocycles. The van der Waals surface area contributed by atoms with Crippen LogP contribution in [0.15, 0.2) is 24.3 Å². The van der Waals surface area contributed by atoms with E-state index in [1.165, 1.54) is 0 Å². The largest absolute Gasteiger partial charge is 0.314 e. The Morgan fingerprint density at radius 1 is 1.26 bits per heavy atom. The summed E-state index contributed by atoms with van der Waals surface area (Å²) in [5, 5.41) is 13.1. The summed E-state index contributed by atoms with van der Waals surface area (Å²) in [6, 6.07) is 10.2. The van der Waals surface area contributed by atoms with Gasteiger partial charge in [-0.3, -0.25) is 4.90 Å².